The molecule has 4 aromatic rings. The first-order valence-electron chi connectivity index (χ1n) is 12.2. The summed E-state index contributed by atoms with van der Waals surface area (Å²) in [5.41, 5.74) is 5.21. The van der Waals surface area contributed by atoms with Crippen molar-refractivity contribution in [2.75, 3.05) is 5.32 Å². The predicted octanol–water partition coefficient (Wildman–Crippen LogP) is 5.53. The maximum Gasteiger partial charge on any atom is 0.243 e. The van der Waals surface area contributed by atoms with Crippen LogP contribution in [0, 0.1) is 6.92 Å². The largest absolute Gasteiger partial charge is 0.367 e. The lowest BCUT2D eigenvalue weighted by atomic mass is 9.97. The highest BCUT2D eigenvalue weighted by atomic mass is 32.2. The number of nitrogens with zero attached hydrogens (tertiary/aromatic N) is 3. The molecule has 2 saturated carbocycles. The fraction of sp³-hybridized carbons (Fsp3) is 0.286. The lowest BCUT2D eigenvalue weighted by Crippen LogP contribution is -2.32. The summed E-state index contributed by atoms with van der Waals surface area (Å²) in [4.78, 5) is 9.33. The van der Waals surface area contributed by atoms with Gasteiger partial charge in [0.1, 0.15) is 12.1 Å². The van der Waals surface area contributed by atoms with Gasteiger partial charge in [0.25, 0.3) is 0 Å². The van der Waals surface area contributed by atoms with Crippen molar-refractivity contribution < 1.29 is 8.42 Å². The highest BCUT2D eigenvalue weighted by molar-refractivity contribution is 7.89. The molecule has 0 saturated heterocycles. The van der Waals surface area contributed by atoms with E-state index in [-0.39, 0.29) is 6.04 Å². The minimum absolute atomic E-state index is 0.0690. The van der Waals surface area contributed by atoms with E-state index in [1.807, 2.05) is 18.2 Å². The summed E-state index contributed by atoms with van der Waals surface area (Å²) in [5, 5.41) is 4.53. The average molecular weight is 485 g/mol. The Hall–Kier alpha value is -3.29. The number of anilines is 1. The zero-order chi connectivity index (χ0) is 24.0. The normalized spacial score (nSPS) is 16.1. The lowest BCUT2D eigenvalue weighted by molar-refractivity contribution is 0.398. The van der Waals surface area contributed by atoms with E-state index in [1.54, 1.807) is 34.9 Å². The van der Waals surface area contributed by atoms with Gasteiger partial charge in [0.15, 0.2) is 0 Å². The van der Waals surface area contributed by atoms with E-state index < -0.39 is 10.0 Å². The zero-order valence-electron chi connectivity index (χ0n) is 19.7. The van der Waals surface area contributed by atoms with Crippen molar-refractivity contribution >= 4 is 26.7 Å². The van der Waals surface area contributed by atoms with E-state index in [0.29, 0.717) is 17.5 Å². The first-order chi connectivity index (χ1) is 17.0. The third kappa shape index (κ3) is 4.54. The van der Waals surface area contributed by atoms with Crippen molar-refractivity contribution in [2.24, 2.45) is 0 Å². The summed E-state index contributed by atoms with van der Waals surface area (Å²) < 4.78 is 28.5. The second-order valence-corrected chi connectivity index (χ2v) is 11.5. The molecule has 178 valence electrons. The number of hydrogen-bond donors (Lipinski definition) is 1. The Labute approximate surface area is 206 Å². The van der Waals surface area contributed by atoms with E-state index in [9.17, 15) is 8.42 Å². The fourth-order valence-corrected chi connectivity index (χ4v) is 6.27. The number of aryl methyl sites for hydroxylation is 1. The highest BCUT2D eigenvalue weighted by Gasteiger charge is 2.38. The topological polar surface area (TPSA) is 75.2 Å². The molecule has 0 bridgehead atoms. The maximum absolute atomic E-state index is 13.4. The number of hydrogen-bond acceptors (Lipinski definition) is 5. The summed E-state index contributed by atoms with van der Waals surface area (Å²) in [6.45, 7) is 2.45. The molecule has 0 amide bonds. The molecule has 6 nitrogen and oxygen atoms in total. The Balaban J connectivity index is 1.35. The molecule has 1 heterocycles. The summed E-state index contributed by atoms with van der Waals surface area (Å²) >= 11 is 0. The monoisotopic (exact) mass is 484 g/mol. The van der Waals surface area contributed by atoms with Crippen molar-refractivity contribution in [3.63, 3.8) is 0 Å². The van der Waals surface area contributed by atoms with Gasteiger partial charge in [-0.05, 0) is 85.2 Å². The molecular formula is C28H28N4O2S. The Bertz CT molecular complexity index is 1500. The van der Waals surface area contributed by atoms with Gasteiger partial charge in [-0.1, -0.05) is 36.4 Å². The molecule has 0 radical (unpaired) electrons. The second-order valence-electron chi connectivity index (χ2n) is 9.62. The van der Waals surface area contributed by atoms with Crippen LogP contribution in [0.2, 0.25) is 0 Å². The molecule has 0 unspecified atom stereocenters. The Kier molecular flexibility index (Phi) is 5.54. The molecule has 1 aromatic heterocycles. The van der Waals surface area contributed by atoms with Crippen molar-refractivity contribution in [2.45, 2.75) is 56.1 Å². The van der Waals surface area contributed by atoms with Crippen molar-refractivity contribution in [1.82, 2.24) is 14.3 Å². The SMILES string of the molecule is Cc1cc2ncnc(NC3CC3)c2cc1-c1cccc(CN(C2CC2)S(=O)(=O)c2ccccc2)c1. The van der Waals surface area contributed by atoms with Crippen LogP contribution in [-0.2, 0) is 16.6 Å². The van der Waals surface area contributed by atoms with Crippen LogP contribution in [0.4, 0.5) is 5.82 Å². The zero-order valence-corrected chi connectivity index (χ0v) is 20.5. The molecule has 2 fully saturated rings. The van der Waals surface area contributed by atoms with Crippen molar-refractivity contribution in [1.29, 1.82) is 0 Å². The first-order valence-corrected chi connectivity index (χ1v) is 13.6. The summed E-state index contributed by atoms with van der Waals surface area (Å²) in [6.07, 6.45) is 5.79. The smallest absolute Gasteiger partial charge is 0.243 e. The highest BCUT2D eigenvalue weighted by Crippen LogP contribution is 2.36. The van der Waals surface area contributed by atoms with Crippen molar-refractivity contribution in [3.8, 4) is 11.1 Å². The van der Waals surface area contributed by atoms with Gasteiger partial charge in [-0.15, -0.1) is 0 Å². The molecule has 2 aliphatic rings. The number of aromatic nitrogens is 2. The number of rotatable bonds is 8. The molecule has 6 rings (SSSR count). The second kappa shape index (κ2) is 8.73. The minimum atomic E-state index is -3.55. The van der Waals surface area contributed by atoms with Gasteiger partial charge in [-0.2, -0.15) is 4.31 Å². The molecule has 7 heteroatoms. The van der Waals surface area contributed by atoms with Crippen LogP contribution in [0.3, 0.4) is 0 Å². The summed E-state index contributed by atoms with van der Waals surface area (Å²) in [6, 6.07) is 21.8. The van der Waals surface area contributed by atoms with Crippen LogP contribution < -0.4 is 5.32 Å². The Morgan fingerprint density at radius 1 is 0.943 bits per heavy atom. The predicted molar refractivity (Wildman–Crippen MR) is 139 cm³/mol. The van der Waals surface area contributed by atoms with Crippen molar-refractivity contribution in [3.05, 3.63) is 84.2 Å². The summed E-state index contributed by atoms with van der Waals surface area (Å²) in [7, 11) is -3.55. The number of fused-ring (bicyclic) bond motifs is 1. The molecule has 2 aliphatic carbocycles. The van der Waals surface area contributed by atoms with Crippen LogP contribution >= 0.6 is 0 Å². The van der Waals surface area contributed by atoms with Gasteiger partial charge in [0.2, 0.25) is 10.0 Å². The van der Waals surface area contributed by atoms with Crippen LogP contribution in [-0.4, -0.2) is 34.8 Å². The average Bonchev–Trinajstić information content (AvgIpc) is 3.79. The molecule has 0 spiro atoms. The standard InChI is InChI=1S/C28H28N4O2S/c1-19-14-27-26(28(30-18-29-27)31-22-10-11-22)16-25(19)21-7-5-6-20(15-21)17-32(23-12-13-23)35(33,34)24-8-3-2-4-9-24/h2-9,14-16,18,22-23H,10-13,17H2,1H3,(H,29,30,31). The van der Waals surface area contributed by atoms with Gasteiger partial charge in [-0.25, -0.2) is 18.4 Å². The maximum atomic E-state index is 13.4. The van der Waals surface area contributed by atoms with Crippen LogP contribution in [0.1, 0.15) is 36.8 Å². The van der Waals surface area contributed by atoms with E-state index in [0.717, 1.165) is 51.8 Å². The molecule has 3 aromatic carbocycles. The lowest BCUT2D eigenvalue weighted by Gasteiger charge is -2.22. The van der Waals surface area contributed by atoms with Crippen LogP contribution in [0.25, 0.3) is 22.0 Å². The molecule has 0 atom stereocenters. The van der Waals surface area contributed by atoms with Crippen LogP contribution in [0.5, 0.6) is 0 Å². The Morgan fingerprint density at radius 3 is 2.49 bits per heavy atom. The first kappa shape index (κ1) is 22.2. The Morgan fingerprint density at radius 2 is 1.74 bits per heavy atom. The third-order valence-electron chi connectivity index (χ3n) is 6.78. The van der Waals surface area contributed by atoms with Gasteiger partial charge in [-0.3, -0.25) is 0 Å². The van der Waals surface area contributed by atoms with Gasteiger partial charge in [0.05, 0.1) is 10.4 Å². The molecule has 1 N–H and O–H groups in total. The number of nitrogens with one attached hydrogen (secondary N) is 1. The molecule has 0 aliphatic heterocycles. The van der Waals surface area contributed by atoms with E-state index in [1.165, 1.54) is 12.8 Å². The fourth-order valence-electron chi connectivity index (χ4n) is 4.57. The number of benzene rings is 3. The minimum Gasteiger partial charge on any atom is -0.367 e. The molecule has 35 heavy (non-hydrogen) atoms. The van der Waals surface area contributed by atoms with Crippen LogP contribution in [0.15, 0.2) is 78.0 Å². The van der Waals surface area contributed by atoms with E-state index >= 15 is 0 Å². The van der Waals surface area contributed by atoms with Gasteiger partial charge >= 0.3 is 0 Å². The van der Waals surface area contributed by atoms with E-state index in [4.69, 9.17) is 0 Å². The van der Waals surface area contributed by atoms with Gasteiger partial charge < -0.3 is 5.32 Å². The quantitative estimate of drug-likeness (QED) is 0.356. The summed E-state index contributed by atoms with van der Waals surface area (Å²) in [5.74, 6) is 0.878. The third-order valence-corrected chi connectivity index (χ3v) is 8.69. The van der Waals surface area contributed by atoms with E-state index in [2.05, 4.69) is 46.5 Å². The number of sulfonamides is 1. The molecular weight excluding hydrogens is 456 g/mol. The van der Waals surface area contributed by atoms with Gasteiger partial charge in [0, 0.05) is 24.0 Å².